The van der Waals surface area contributed by atoms with Crippen LogP contribution in [0.1, 0.15) is 29.9 Å². The molecule has 1 atom stereocenters. The van der Waals surface area contributed by atoms with E-state index in [2.05, 4.69) is 27.3 Å². The lowest BCUT2D eigenvalue weighted by Crippen LogP contribution is -2.24. The van der Waals surface area contributed by atoms with Crippen molar-refractivity contribution in [1.82, 2.24) is 0 Å². The molecule has 1 aliphatic carbocycles. The van der Waals surface area contributed by atoms with Gasteiger partial charge in [-0.05, 0) is 64.5 Å². The Morgan fingerprint density at radius 2 is 2.05 bits per heavy atom. The third-order valence-corrected chi connectivity index (χ3v) is 4.48. The van der Waals surface area contributed by atoms with Crippen molar-refractivity contribution in [1.29, 1.82) is 0 Å². The minimum Gasteiger partial charge on any atom is -0.326 e. The van der Waals surface area contributed by atoms with Crippen molar-refractivity contribution in [3.8, 4) is 0 Å². The van der Waals surface area contributed by atoms with E-state index in [9.17, 15) is 9.18 Å². The summed E-state index contributed by atoms with van der Waals surface area (Å²) in [6.07, 6.45) is 2.90. The number of nitrogens with one attached hydrogen (secondary N) is 1. The van der Waals surface area contributed by atoms with E-state index in [-0.39, 0.29) is 17.6 Å². The number of halogens is 2. The van der Waals surface area contributed by atoms with Gasteiger partial charge in [-0.15, -0.1) is 0 Å². The molecule has 2 aromatic carbocycles. The molecule has 0 saturated carbocycles. The highest BCUT2D eigenvalue weighted by atomic mass is 79.9. The Bertz CT molecular complexity index is 686. The molecule has 0 saturated heterocycles. The van der Waals surface area contributed by atoms with E-state index >= 15 is 0 Å². The fourth-order valence-corrected chi connectivity index (χ4v) is 3.21. The van der Waals surface area contributed by atoms with Crippen LogP contribution in [0.4, 0.5) is 10.1 Å². The third-order valence-electron chi connectivity index (χ3n) is 3.87. The lowest BCUT2D eigenvalue weighted by atomic mass is 9.82. The summed E-state index contributed by atoms with van der Waals surface area (Å²) in [7, 11) is 0. The molecular weight excluding hydrogens is 333 g/mol. The van der Waals surface area contributed by atoms with Gasteiger partial charge >= 0.3 is 0 Å². The van der Waals surface area contributed by atoms with Crippen molar-refractivity contribution < 1.29 is 9.18 Å². The fraction of sp³-hybridized carbons (Fsp3) is 0.235. The summed E-state index contributed by atoms with van der Waals surface area (Å²) in [5.74, 6) is -0.490. The maximum absolute atomic E-state index is 13.2. The quantitative estimate of drug-likeness (QED) is 0.841. The van der Waals surface area contributed by atoms with Crippen LogP contribution >= 0.6 is 15.9 Å². The second-order valence-electron chi connectivity index (χ2n) is 5.26. The van der Waals surface area contributed by atoms with Gasteiger partial charge in [0.1, 0.15) is 5.82 Å². The summed E-state index contributed by atoms with van der Waals surface area (Å²) < 4.78 is 13.6. The van der Waals surface area contributed by atoms with Gasteiger partial charge in [-0.1, -0.05) is 24.3 Å². The van der Waals surface area contributed by atoms with Gasteiger partial charge in [-0.25, -0.2) is 4.39 Å². The molecule has 0 radical (unpaired) electrons. The van der Waals surface area contributed by atoms with Gasteiger partial charge in [0.15, 0.2) is 0 Å². The average molecular weight is 348 g/mol. The van der Waals surface area contributed by atoms with E-state index in [0.29, 0.717) is 10.2 Å². The molecule has 0 heterocycles. The first kappa shape index (κ1) is 14.3. The van der Waals surface area contributed by atoms with Crippen LogP contribution in [0.2, 0.25) is 0 Å². The first-order valence-electron chi connectivity index (χ1n) is 6.99. The van der Waals surface area contributed by atoms with Gasteiger partial charge in [-0.2, -0.15) is 0 Å². The fourth-order valence-electron chi connectivity index (χ4n) is 2.83. The Labute approximate surface area is 131 Å². The maximum Gasteiger partial charge on any atom is 0.231 e. The molecule has 3 rings (SSSR count). The van der Waals surface area contributed by atoms with Crippen LogP contribution in [-0.2, 0) is 11.2 Å². The van der Waals surface area contributed by atoms with E-state index in [0.717, 1.165) is 24.8 Å². The number of hydrogen-bond donors (Lipinski definition) is 1. The average Bonchev–Trinajstić information content (AvgIpc) is 2.50. The molecule has 108 valence electrons. The predicted molar refractivity (Wildman–Crippen MR) is 84.9 cm³/mol. The van der Waals surface area contributed by atoms with Crippen LogP contribution in [0.15, 0.2) is 46.9 Å². The SMILES string of the molecule is O=C(Nc1ccc(F)c(Br)c1)C1CCCc2ccccc21. The molecule has 0 aliphatic heterocycles. The summed E-state index contributed by atoms with van der Waals surface area (Å²) in [6, 6.07) is 12.6. The van der Waals surface area contributed by atoms with Crippen LogP contribution in [0.3, 0.4) is 0 Å². The molecule has 2 aromatic rings. The van der Waals surface area contributed by atoms with Gasteiger partial charge in [0.05, 0.1) is 10.4 Å². The molecule has 0 bridgehead atoms. The van der Waals surface area contributed by atoms with Crippen LogP contribution in [0.25, 0.3) is 0 Å². The number of carbonyl (C=O) groups excluding carboxylic acids is 1. The van der Waals surface area contributed by atoms with E-state index in [4.69, 9.17) is 0 Å². The lowest BCUT2D eigenvalue weighted by molar-refractivity contribution is -0.117. The van der Waals surface area contributed by atoms with Crippen LogP contribution < -0.4 is 5.32 Å². The Balaban J connectivity index is 1.81. The van der Waals surface area contributed by atoms with E-state index in [1.54, 1.807) is 12.1 Å². The number of amides is 1. The van der Waals surface area contributed by atoms with Gasteiger partial charge in [-0.3, -0.25) is 4.79 Å². The zero-order valence-electron chi connectivity index (χ0n) is 11.4. The molecule has 0 fully saturated rings. The number of rotatable bonds is 2. The van der Waals surface area contributed by atoms with Gasteiger partial charge < -0.3 is 5.32 Å². The van der Waals surface area contributed by atoms with Gasteiger partial charge in [0.25, 0.3) is 0 Å². The van der Waals surface area contributed by atoms with E-state index in [1.165, 1.54) is 11.6 Å². The normalized spacial score (nSPS) is 17.1. The third kappa shape index (κ3) is 3.00. The lowest BCUT2D eigenvalue weighted by Gasteiger charge is -2.24. The standard InChI is InChI=1S/C17H15BrFNO/c18-15-10-12(8-9-16(15)19)20-17(21)14-7-3-5-11-4-1-2-6-13(11)14/h1-2,4,6,8-10,14H,3,5,7H2,(H,20,21). The highest BCUT2D eigenvalue weighted by Crippen LogP contribution is 2.32. The molecular formula is C17H15BrFNO. The Morgan fingerprint density at radius 3 is 2.86 bits per heavy atom. The minimum atomic E-state index is -0.337. The zero-order chi connectivity index (χ0) is 14.8. The molecule has 1 N–H and O–H groups in total. The topological polar surface area (TPSA) is 29.1 Å². The molecule has 0 aromatic heterocycles. The smallest absolute Gasteiger partial charge is 0.231 e. The highest BCUT2D eigenvalue weighted by molar-refractivity contribution is 9.10. The molecule has 2 nitrogen and oxygen atoms in total. The number of hydrogen-bond acceptors (Lipinski definition) is 1. The van der Waals surface area contributed by atoms with Crippen molar-refractivity contribution in [3.05, 3.63) is 63.9 Å². The second kappa shape index (κ2) is 5.98. The molecule has 1 unspecified atom stereocenters. The number of fused-ring (bicyclic) bond motifs is 1. The summed E-state index contributed by atoms with van der Waals surface area (Å²) in [4.78, 5) is 12.5. The predicted octanol–water partition coefficient (Wildman–Crippen LogP) is 4.65. The number of anilines is 1. The number of carbonyl (C=O) groups is 1. The van der Waals surface area contributed by atoms with Gasteiger partial charge in [0.2, 0.25) is 5.91 Å². The Hall–Kier alpha value is -1.68. The van der Waals surface area contributed by atoms with Crippen molar-refractivity contribution in [2.24, 2.45) is 0 Å². The first-order valence-corrected chi connectivity index (χ1v) is 7.78. The second-order valence-corrected chi connectivity index (χ2v) is 6.12. The Morgan fingerprint density at radius 1 is 1.24 bits per heavy atom. The minimum absolute atomic E-state index is 0.0272. The van der Waals surface area contributed by atoms with Crippen LogP contribution in [0.5, 0.6) is 0 Å². The van der Waals surface area contributed by atoms with E-state index in [1.807, 2.05) is 18.2 Å². The molecule has 1 amide bonds. The summed E-state index contributed by atoms with van der Waals surface area (Å²) >= 11 is 3.13. The van der Waals surface area contributed by atoms with Crippen molar-refractivity contribution in [2.45, 2.75) is 25.2 Å². The molecule has 1 aliphatic rings. The number of aryl methyl sites for hydroxylation is 1. The molecule has 21 heavy (non-hydrogen) atoms. The van der Waals surface area contributed by atoms with Crippen molar-refractivity contribution >= 4 is 27.5 Å². The monoisotopic (exact) mass is 347 g/mol. The summed E-state index contributed by atoms with van der Waals surface area (Å²) in [6.45, 7) is 0. The number of benzene rings is 2. The highest BCUT2D eigenvalue weighted by Gasteiger charge is 2.26. The largest absolute Gasteiger partial charge is 0.326 e. The summed E-state index contributed by atoms with van der Waals surface area (Å²) in [5.41, 5.74) is 2.97. The molecule has 4 heteroatoms. The van der Waals surface area contributed by atoms with Gasteiger partial charge in [0, 0.05) is 5.69 Å². The molecule has 0 spiro atoms. The maximum atomic E-state index is 13.2. The van der Waals surface area contributed by atoms with Crippen LogP contribution in [-0.4, -0.2) is 5.91 Å². The zero-order valence-corrected chi connectivity index (χ0v) is 13.0. The van der Waals surface area contributed by atoms with Crippen molar-refractivity contribution in [2.75, 3.05) is 5.32 Å². The summed E-state index contributed by atoms with van der Waals surface area (Å²) in [5, 5.41) is 2.88. The van der Waals surface area contributed by atoms with Crippen LogP contribution in [0, 0.1) is 5.82 Å². The first-order chi connectivity index (χ1) is 10.1. The van der Waals surface area contributed by atoms with E-state index < -0.39 is 0 Å². The Kier molecular flexibility index (Phi) is 4.06. The van der Waals surface area contributed by atoms with Crippen molar-refractivity contribution in [3.63, 3.8) is 0 Å².